The van der Waals surface area contributed by atoms with Crippen molar-refractivity contribution in [3.8, 4) is 0 Å². The van der Waals surface area contributed by atoms with Gasteiger partial charge in [0.15, 0.2) is 0 Å². The number of nitrogens with two attached hydrogens (primary N) is 1. The second kappa shape index (κ2) is 4.41. The first-order valence-corrected chi connectivity index (χ1v) is 5.20. The predicted octanol–water partition coefficient (Wildman–Crippen LogP) is 1.37. The van der Waals surface area contributed by atoms with Crippen LogP contribution in [0, 0.1) is 0 Å². The van der Waals surface area contributed by atoms with E-state index < -0.39 is 22.7 Å². The van der Waals surface area contributed by atoms with E-state index in [1.165, 1.54) is 18.5 Å². The van der Waals surface area contributed by atoms with Gasteiger partial charge < -0.3 is 5.73 Å². The quantitative estimate of drug-likeness (QED) is 0.884. The molecule has 1 aromatic heterocycles. The van der Waals surface area contributed by atoms with Crippen LogP contribution in [0.15, 0.2) is 29.3 Å². The second-order valence-corrected chi connectivity index (χ2v) is 3.73. The van der Waals surface area contributed by atoms with E-state index >= 15 is 0 Å². The summed E-state index contributed by atoms with van der Waals surface area (Å²) in [5.74, 6) is 0. The summed E-state index contributed by atoms with van der Waals surface area (Å²) in [5, 5.41) is -0.416. The largest absolute Gasteiger partial charge is 0.417 e. The van der Waals surface area contributed by atoms with Crippen LogP contribution in [0.5, 0.6) is 0 Å². The van der Waals surface area contributed by atoms with Crippen LogP contribution in [0.2, 0.25) is 0 Å². The molecule has 96 valence electrons. The highest BCUT2D eigenvalue weighted by molar-refractivity contribution is 5.81. The van der Waals surface area contributed by atoms with Crippen molar-refractivity contribution in [2.75, 3.05) is 6.54 Å². The normalized spacial score (nSPS) is 12.0. The number of fused-ring (bicyclic) bond motifs is 1. The van der Waals surface area contributed by atoms with E-state index in [1.807, 2.05) is 0 Å². The molecule has 1 heterocycles. The Bertz CT molecular complexity index is 633. The lowest BCUT2D eigenvalue weighted by atomic mass is 10.1. The average molecular weight is 257 g/mol. The monoisotopic (exact) mass is 257 g/mol. The van der Waals surface area contributed by atoms with E-state index in [9.17, 15) is 18.0 Å². The third kappa shape index (κ3) is 2.08. The molecule has 18 heavy (non-hydrogen) atoms. The van der Waals surface area contributed by atoms with Crippen LogP contribution >= 0.6 is 0 Å². The van der Waals surface area contributed by atoms with Crippen molar-refractivity contribution in [1.82, 2.24) is 9.55 Å². The van der Waals surface area contributed by atoms with Crippen molar-refractivity contribution in [3.05, 3.63) is 40.4 Å². The number of rotatable bonds is 2. The maximum Gasteiger partial charge on any atom is 0.417 e. The van der Waals surface area contributed by atoms with E-state index in [-0.39, 0.29) is 18.6 Å². The van der Waals surface area contributed by atoms with Crippen molar-refractivity contribution in [1.29, 1.82) is 0 Å². The lowest BCUT2D eigenvalue weighted by Crippen LogP contribution is -2.26. The molecule has 0 amide bonds. The topological polar surface area (TPSA) is 60.9 Å². The van der Waals surface area contributed by atoms with Gasteiger partial charge in [0.25, 0.3) is 5.56 Å². The average Bonchev–Trinajstić information content (AvgIpc) is 2.31. The van der Waals surface area contributed by atoms with Crippen molar-refractivity contribution in [2.45, 2.75) is 12.7 Å². The standard InChI is InChI=1S/C11H10F3N3O/c12-11(13,14)7-2-1-3-8-9(7)10(18)17(5-4-15)6-16-8/h1-3,6H,4-5,15H2. The van der Waals surface area contributed by atoms with Crippen molar-refractivity contribution < 1.29 is 13.2 Å². The van der Waals surface area contributed by atoms with Crippen molar-refractivity contribution in [2.24, 2.45) is 5.73 Å². The van der Waals surface area contributed by atoms with Gasteiger partial charge >= 0.3 is 6.18 Å². The molecule has 2 aromatic rings. The van der Waals surface area contributed by atoms with Crippen LogP contribution in [-0.4, -0.2) is 16.1 Å². The number of alkyl halides is 3. The van der Waals surface area contributed by atoms with Gasteiger partial charge in [0, 0.05) is 13.1 Å². The van der Waals surface area contributed by atoms with Gasteiger partial charge in [-0.3, -0.25) is 9.36 Å². The first kappa shape index (κ1) is 12.6. The number of aromatic nitrogens is 2. The van der Waals surface area contributed by atoms with Gasteiger partial charge in [0.1, 0.15) is 0 Å². The molecule has 2 rings (SSSR count). The summed E-state index contributed by atoms with van der Waals surface area (Å²) in [7, 11) is 0. The SMILES string of the molecule is NCCn1cnc2cccc(C(F)(F)F)c2c1=O. The molecule has 4 nitrogen and oxygen atoms in total. The molecule has 0 fully saturated rings. The van der Waals surface area contributed by atoms with Crippen molar-refractivity contribution >= 4 is 10.9 Å². The third-order valence-corrected chi connectivity index (χ3v) is 2.53. The zero-order valence-electron chi connectivity index (χ0n) is 9.24. The van der Waals surface area contributed by atoms with Gasteiger partial charge in [-0.05, 0) is 12.1 Å². The van der Waals surface area contributed by atoms with Crippen LogP contribution in [0.1, 0.15) is 5.56 Å². The zero-order chi connectivity index (χ0) is 13.3. The summed E-state index contributed by atoms with van der Waals surface area (Å²) in [5.41, 5.74) is 3.63. The molecule has 0 aliphatic carbocycles. The molecule has 0 unspecified atom stereocenters. The summed E-state index contributed by atoms with van der Waals surface area (Å²) in [6.07, 6.45) is -3.38. The van der Waals surface area contributed by atoms with Gasteiger partial charge in [-0.25, -0.2) is 4.98 Å². The van der Waals surface area contributed by atoms with Crippen LogP contribution in [0.25, 0.3) is 10.9 Å². The van der Waals surface area contributed by atoms with Gasteiger partial charge in [-0.15, -0.1) is 0 Å². The molecule has 0 atom stereocenters. The highest BCUT2D eigenvalue weighted by atomic mass is 19.4. The molecule has 1 aromatic carbocycles. The molecule has 7 heteroatoms. The molecular weight excluding hydrogens is 247 g/mol. The first-order chi connectivity index (χ1) is 8.45. The minimum Gasteiger partial charge on any atom is -0.329 e. The molecule has 2 N–H and O–H groups in total. The molecule has 0 saturated carbocycles. The fourth-order valence-electron chi connectivity index (χ4n) is 1.74. The van der Waals surface area contributed by atoms with Crippen LogP contribution in [0.3, 0.4) is 0 Å². The summed E-state index contributed by atoms with van der Waals surface area (Å²) >= 11 is 0. The van der Waals surface area contributed by atoms with Crippen LogP contribution in [-0.2, 0) is 12.7 Å². The van der Waals surface area contributed by atoms with Gasteiger partial charge in [0.2, 0.25) is 0 Å². The van der Waals surface area contributed by atoms with E-state index in [0.717, 1.165) is 10.6 Å². The minimum absolute atomic E-state index is 0.0306. The lowest BCUT2D eigenvalue weighted by molar-refractivity contribution is -0.136. The highest BCUT2D eigenvalue weighted by Crippen LogP contribution is 2.32. The number of benzene rings is 1. The first-order valence-electron chi connectivity index (χ1n) is 5.20. The Balaban J connectivity index is 2.81. The van der Waals surface area contributed by atoms with E-state index in [2.05, 4.69) is 4.98 Å². The molecule has 0 bridgehead atoms. The Morgan fingerprint density at radius 2 is 2.06 bits per heavy atom. The number of hydrogen-bond acceptors (Lipinski definition) is 3. The number of hydrogen-bond donors (Lipinski definition) is 1. The summed E-state index contributed by atoms with van der Waals surface area (Å²) < 4.78 is 39.5. The van der Waals surface area contributed by atoms with E-state index in [4.69, 9.17) is 5.73 Å². The highest BCUT2D eigenvalue weighted by Gasteiger charge is 2.33. The van der Waals surface area contributed by atoms with Crippen molar-refractivity contribution in [3.63, 3.8) is 0 Å². The Morgan fingerprint density at radius 3 is 2.67 bits per heavy atom. The molecule has 0 spiro atoms. The smallest absolute Gasteiger partial charge is 0.329 e. The van der Waals surface area contributed by atoms with E-state index in [1.54, 1.807) is 0 Å². The third-order valence-electron chi connectivity index (χ3n) is 2.53. The maximum absolute atomic E-state index is 12.8. The number of nitrogens with zero attached hydrogens (tertiary/aromatic N) is 2. The van der Waals surface area contributed by atoms with Gasteiger partial charge in [-0.2, -0.15) is 13.2 Å². The molecule has 0 saturated heterocycles. The Hall–Kier alpha value is -1.89. The second-order valence-electron chi connectivity index (χ2n) is 3.73. The maximum atomic E-state index is 12.8. The van der Waals surface area contributed by atoms with Crippen LogP contribution in [0.4, 0.5) is 13.2 Å². The lowest BCUT2D eigenvalue weighted by Gasteiger charge is -2.11. The predicted molar refractivity (Wildman–Crippen MR) is 60.1 cm³/mol. The summed E-state index contributed by atoms with van der Waals surface area (Å²) in [6, 6.07) is 3.47. The Labute approximate surface area is 99.9 Å². The fourth-order valence-corrected chi connectivity index (χ4v) is 1.74. The van der Waals surface area contributed by atoms with Gasteiger partial charge in [0.05, 0.1) is 22.8 Å². The summed E-state index contributed by atoms with van der Waals surface area (Å²) in [6.45, 7) is 0.287. The van der Waals surface area contributed by atoms with Crippen LogP contribution < -0.4 is 11.3 Å². The molecule has 0 radical (unpaired) electrons. The molecule has 0 aliphatic rings. The van der Waals surface area contributed by atoms with E-state index in [0.29, 0.717) is 0 Å². The number of halogens is 3. The molecule has 0 aliphatic heterocycles. The van der Waals surface area contributed by atoms with Gasteiger partial charge in [-0.1, -0.05) is 6.07 Å². The zero-order valence-corrected chi connectivity index (χ0v) is 9.24. The molecular formula is C11H10F3N3O. The summed E-state index contributed by atoms with van der Waals surface area (Å²) in [4.78, 5) is 15.8. The Kier molecular flexibility index (Phi) is 3.08. The Morgan fingerprint density at radius 1 is 1.33 bits per heavy atom. The minimum atomic E-state index is -4.58. The fraction of sp³-hybridized carbons (Fsp3) is 0.273.